The smallest absolute Gasteiger partial charge is 0.462 e. The lowest BCUT2D eigenvalue weighted by atomic mass is 10.0. The summed E-state index contributed by atoms with van der Waals surface area (Å²) in [6.45, 7) is 9.72. The quantitative estimate of drug-likeness (QED) is 0.0222. The van der Waals surface area contributed by atoms with Crippen LogP contribution >= 0.6 is 15.6 Å². The second kappa shape index (κ2) is 76.4. The van der Waals surface area contributed by atoms with Crippen molar-refractivity contribution in [1.29, 1.82) is 0 Å². The molecule has 0 rings (SSSR count). The van der Waals surface area contributed by atoms with Crippen molar-refractivity contribution in [2.24, 2.45) is 11.8 Å². The number of rotatable bonds is 84. The average molecular weight is 1520 g/mol. The van der Waals surface area contributed by atoms with Crippen molar-refractivity contribution in [3.05, 3.63) is 0 Å². The third-order valence-corrected chi connectivity index (χ3v) is 21.9. The van der Waals surface area contributed by atoms with E-state index < -0.39 is 97.5 Å². The fraction of sp³-hybridized carbons (Fsp3) is 0.953. The van der Waals surface area contributed by atoms with Crippen molar-refractivity contribution >= 4 is 39.5 Å². The summed E-state index contributed by atoms with van der Waals surface area (Å²) < 4.78 is 68.9. The summed E-state index contributed by atoms with van der Waals surface area (Å²) in [4.78, 5) is 73.2. The van der Waals surface area contributed by atoms with E-state index in [0.717, 1.165) is 102 Å². The Morgan fingerprint density at radius 3 is 0.654 bits per heavy atom. The molecule has 0 aromatic rings. The van der Waals surface area contributed by atoms with Crippen LogP contribution in [0.2, 0.25) is 0 Å². The van der Waals surface area contributed by atoms with Crippen LogP contribution in [0, 0.1) is 11.8 Å². The van der Waals surface area contributed by atoms with Crippen molar-refractivity contribution < 1.29 is 80.2 Å². The molecule has 0 spiro atoms. The molecule has 0 aliphatic carbocycles. The number of carbonyl (C=O) groups is 4. The molecular weight excluding hydrogens is 1350 g/mol. The molecule has 0 aromatic carbocycles. The summed E-state index contributed by atoms with van der Waals surface area (Å²) in [5.74, 6) is -0.511. The summed E-state index contributed by atoms with van der Waals surface area (Å²) >= 11 is 0. The van der Waals surface area contributed by atoms with Crippen LogP contribution in [-0.2, 0) is 65.4 Å². The van der Waals surface area contributed by atoms with E-state index in [1.165, 1.54) is 270 Å². The zero-order chi connectivity index (χ0) is 76.4. The van der Waals surface area contributed by atoms with Crippen LogP contribution in [0.5, 0.6) is 0 Å². The standard InChI is InChI=1S/C85H166O17P2/c1-7-9-11-13-15-17-19-21-22-23-26-32-38-44-50-56-62-68-83(88)96-74-81(101-84(89)69-63-57-51-45-39-33-27-24-25-30-35-41-47-53-59-65-77(3)4)76-100-104(93,94)98-72-79(86)71-97-103(91,92)99-75-80(73-95-82(87)67-61-55-49-43-37-29-20-18-16-14-12-10-8-2)102-85(90)70-64-58-52-46-40-34-28-31-36-42-48-54-60-66-78(5)6/h77-81,86H,7-76H2,1-6H3,(H,91,92)(H,93,94)/t79-,80+,81+/m0/s1. The van der Waals surface area contributed by atoms with E-state index in [9.17, 15) is 43.2 Å². The number of hydrogen-bond donors (Lipinski definition) is 3. The van der Waals surface area contributed by atoms with Crippen LogP contribution in [0.1, 0.15) is 452 Å². The lowest BCUT2D eigenvalue weighted by Gasteiger charge is -2.21. The number of aliphatic hydroxyl groups excluding tert-OH is 1. The van der Waals surface area contributed by atoms with Gasteiger partial charge in [-0.05, 0) is 37.5 Å². The summed E-state index contributed by atoms with van der Waals surface area (Å²) in [7, 11) is -9.93. The Morgan fingerprint density at radius 1 is 0.260 bits per heavy atom. The molecule has 0 bridgehead atoms. The Kier molecular flexibility index (Phi) is 75.0. The van der Waals surface area contributed by atoms with Gasteiger partial charge in [0.1, 0.15) is 19.3 Å². The van der Waals surface area contributed by atoms with Gasteiger partial charge < -0.3 is 33.8 Å². The van der Waals surface area contributed by atoms with Crippen molar-refractivity contribution in [2.75, 3.05) is 39.6 Å². The SMILES string of the molecule is CCCCCCCCCCCCCCCCCCCC(=O)OC[C@H](COP(=O)(O)OC[C@@H](O)COP(=O)(O)OC[C@@H](COC(=O)CCCCCCCCCCCCCCC)OC(=O)CCCCCCCCCCCCCCCC(C)C)OC(=O)CCCCCCCCCCCCCCCCCC(C)C. The molecule has 618 valence electrons. The highest BCUT2D eigenvalue weighted by molar-refractivity contribution is 7.47. The molecule has 19 heteroatoms. The van der Waals surface area contributed by atoms with E-state index in [1.54, 1.807) is 0 Å². The molecule has 0 saturated heterocycles. The van der Waals surface area contributed by atoms with Gasteiger partial charge in [0, 0.05) is 25.7 Å². The second-order valence-corrected chi connectivity index (χ2v) is 34.4. The molecule has 3 N–H and O–H groups in total. The van der Waals surface area contributed by atoms with Crippen LogP contribution in [-0.4, -0.2) is 96.7 Å². The van der Waals surface area contributed by atoms with Gasteiger partial charge in [-0.3, -0.25) is 37.3 Å². The predicted octanol–water partition coefficient (Wildman–Crippen LogP) is 25.8. The summed E-state index contributed by atoms with van der Waals surface area (Å²) in [5.41, 5.74) is 0. The van der Waals surface area contributed by atoms with Gasteiger partial charge >= 0.3 is 39.5 Å². The number of ether oxygens (including phenoxy) is 4. The number of hydrogen-bond acceptors (Lipinski definition) is 15. The minimum Gasteiger partial charge on any atom is -0.462 e. The number of esters is 4. The number of unbranched alkanes of at least 4 members (excludes halogenated alkanes) is 54. The lowest BCUT2D eigenvalue weighted by Crippen LogP contribution is -2.30. The highest BCUT2D eigenvalue weighted by Crippen LogP contribution is 2.45. The van der Waals surface area contributed by atoms with E-state index >= 15 is 0 Å². The predicted molar refractivity (Wildman–Crippen MR) is 428 cm³/mol. The van der Waals surface area contributed by atoms with Gasteiger partial charge in [-0.1, -0.05) is 401 Å². The number of phosphoric acid groups is 2. The van der Waals surface area contributed by atoms with Crippen LogP contribution in [0.4, 0.5) is 0 Å². The molecule has 0 radical (unpaired) electrons. The first kappa shape index (κ1) is 102. The zero-order valence-corrected chi connectivity index (χ0v) is 70.1. The van der Waals surface area contributed by atoms with E-state index in [2.05, 4.69) is 41.5 Å². The van der Waals surface area contributed by atoms with Crippen LogP contribution < -0.4 is 0 Å². The maximum Gasteiger partial charge on any atom is 0.472 e. The monoisotopic (exact) mass is 1520 g/mol. The zero-order valence-electron chi connectivity index (χ0n) is 68.3. The Balaban J connectivity index is 5.27. The van der Waals surface area contributed by atoms with Gasteiger partial charge in [0.25, 0.3) is 0 Å². The fourth-order valence-electron chi connectivity index (χ4n) is 13.2. The maximum atomic E-state index is 13.1. The Labute approximate surface area is 638 Å². The Bertz CT molecular complexity index is 1990. The molecule has 0 amide bonds. The summed E-state index contributed by atoms with van der Waals surface area (Å²) in [6, 6.07) is 0. The second-order valence-electron chi connectivity index (χ2n) is 31.5. The van der Waals surface area contributed by atoms with E-state index in [1.807, 2.05) is 0 Å². The van der Waals surface area contributed by atoms with Gasteiger partial charge in [-0.2, -0.15) is 0 Å². The molecule has 0 aliphatic rings. The molecule has 5 atom stereocenters. The van der Waals surface area contributed by atoms with E-state index in [-0.39, 0.29) is 25.7 Å². The molecule has 2 unspecified atom stereocenters. The van der Waals surface area contributed by atoms with Crippen LogP contribution in [0.15, 0.2) is 0 Å². The van der Waals surface area contributed by atoms with E-state index in [0.29, 0.717) is 25.7 Å². The number of aliphatic hydroxyl groups is 1. The van der Waals surface area contributed by atoms with Crippen LogP contribution in [0.25, 0.3) is 0 Å². The van der Waals surface area contributed by atoms with Gasteiger partial charge in [-0.15, -0.1) is 0 Å². The Morgan fingerprint density at radius 2 is 0.442 bits per heavy atom. The third-order valence-electron chi connectivity index (χ3n) is 20.0. The number of phosphoric ester groups is 2. The van der Waals surface area contributed by atoms with Gasteiger partial charge in [0.15, 0.2) is 12.2 Å². The summed E-state index contributed by atoms with van der Waals surface area (Å²) in [6.07, 6.45) is 67.8. The molecule has 0 heterocycles. The molecular formula is C85H166O17P2. The largest absolute Gasteiger partial charge is 0.472 e. The molecule has 0 aromatic heterocycles. The topological polar surface area (TPSA) is 237 Å². The molecule has 104 heavy (non-hydrogen) atoms. The maximum absolute atomic E-state index is 13.1. The molecule has 0 fully saturated rings. The first-order valence-corrected chi connectivity index (χ1v) is 47.0. The van der Waals surface area contributed by atoms with Crippen molar-refractivity contribution in [2.45, 2.75) is 471 Å². The van der Waals surface area contributed by atoms with Gasteiger partial charge in [0.05, 0.1) is 26.4 Å². The number of carbonyl (C=O) groups excluding carboxylic acids is 4. The third kappa shape index (κ3) is 78.2. The normalized spacial score (nSPS) is 13.8. The lowest BCUT2D eigenvalue weighted by molar-refractivity contribution is -0.161. The first-order chi connectivity index (χ1) is 50.4. The average Bonchev–Trinajstić information content (AvgIpc) is 0.909. The molecule has 0 saturated carbocycles. The highest BCUT2D eigenvalue weighted by Gasteiger charge is 2.30. The minimum absolute atomic E-state index is 0.108. The molecule has 17 nitrogen and oxygen atoms in total. The van der Waals surface area contributed by atoms with Crippen LogP contribution in [0.3, 0.4) is 0 Å². The first-order valence-electron chi connectivity index (χ1n) is 44.0. The summed E-state index contributed by atoms with van der Waals surface area (Å²) in [5, 5.41) is 10.7. The minimum atomic E-state index is -4.96. The van der Waals surface area contributed by atoms with Gasteiger partial charge in [0.2, 0.25) is 0 Å². The van der Waals surface area contributed by atoms with Gasteiger partial charge in [-0.25, -0.2) is 9.13 Å². The van der Waals surface area contributed by atoms with Crippen molar-refractivity contribution in [1.82, 2.24) is 0 Å². The Hall–Kier alpha value is -1.94. The molecule has 0 aliphatic heterocycles. The highest BCUT2D eigenvalue weighted by atomic mass is 31.2. The fourth-order valence-corrected chi connectivity index (χ4v) is 14.8. The van der Waals surface area contributed by atoms with E-state index in [4.69, 9.17) is 37.0 Å². The van der Waals surface area contributed by atoms with Crippen molar-refractivity contribution in [3.8, 4) is 0 Å². The van der Waals surface area contributed by atoms with Crippen molar-refractivity contribution in [3.63, 3.8) is 0 Å².